The number of carboxylic acid groups (broad SMARTS) is 1. The number of amides is 2. The van der Waals surface area contributed by atoms with Crippen LogP contribution in [-0.4, -0.2) is 39.9 Å². The molecular formula is C24H32N4O3. The van der Waals surface area contributed by atoms with Crippen LogP contribution in [0.25, 0.3) is 10.8 Å². The number of benzene rings is 2. The summed E-state index contributed by atoms with van der Waals surface area (Å²) in [6.45, 7) is 6.24. The van der Waals surface area contributed by atoms with E-state index in [1.54, 1.807) is 6.07 Å². The third-order valence-electron chi connectivity index (χ3n) is 6.12. The van der Waals surface area contributed by atoms with Gasteiger partial charge in [-0.15, -0.1) is 0 Å². The van der Waals surface area contributed by atoms with Crippen molar-refractivity contribution < 1.29 is 14.7 Å². The third-order valence-corrected chi connectivity index (χ3v) is 6.12. The largest absolute Gasteiger partial charge is 0.465 e. The molecule has 1 saturated carbocycles. The zero-order valence-electron chi connectivity index (χ0n) is 18.4. The number of rotatable bonds is 5. The Morgan fingerprint density at radius 1 is 1.10 bits per heavy atom. The summed E-state index contributed by atoms with van der Waals surface area (Å²) in [7, 11) is 0. The van der Waals surface area contributed by atoms with Gasteiger partial charge in [0.1, 0.15) is 5.84 Å². The lowest BCUT2D eigenvalue weighted by atomic mass is 9.81. The van der Waals surface area contributed by atoms with E-state index in [0.29, 0.717) is 12.1 Å². The molecule has 5 N–H and O–H groups in total. The lowest BCUT2D eigenvalue weighted by Crippen LogP contribution is -2.47. The smallest absolute Gasteiger partial charge is 0.407 e. The Morgan fingerprint density at radius 3 is 2.29 bits per heavy atom. The molecule has 1 fully saturated rings. The molecule has 0 spiro atoms. The Bertz CT molecular complexity index is 988. The molecular weight excluding hydrogens is 392 g/mol. The van der Waals surface area contributed by atoms with Crippen LogP contribution in [0, 0.1) is 17.2 Å². The molecule has 0 radical (unpaired) electrons. The molecule has 2 aromatic carbocycles. The van der Waals surface area contributed by atoms with Gasteiger partial charge in [0.15, 0.2) is 0 Å². The summed E-state index contributed by atoms with van der Waals surface area (Å²) in [6, 6.07) is 11.3. The van der Waals surface area contributed by atoms with Gasteiger partial charge in [-0.05, 0) is 81.3 Å². The quantitative estimate of drug-likeness (QED) is 0.412. The highest BCUT2D eigenvalue weighted by molar-refractivity contribution is 6.00. The zero-order chi connectivity index (χ0) is 22.8. The highest BCUT2D eigenvalue weighted by atomic mass is 16.4. The lowest BCUT2D eigenvalue weighted by molar-refractivity contribution is -0.121. The summed E-state index contributed by atoms with van der Waals surface area (Å²) < 4.78 is 0. The van der Waals surface area contributed by atoms with Crippen molar-refractivity contribution in [2.45, 2.75) is 52.0 Å². The van der Waals surface area contributed by atoms with E-state index in [1.807, 2.05) is 51.1 Å². The molecule has 1 aliphatic carbocycles. The van der Waals surface area contributed by atoms with Crippen molar-refractivity contribution in [3.63, 3.8) is 0 Å². The monoisotopic (exact) mass is 424 g/mol. The third kappa shape index (κ3) is 5.54. The van der Waals surface area contributed by atoms with Crippen LogP contribution >= 0.6 is 0 Å². The van der Waals surface area contributed by atoms with Gasteiger partial charge in [-0.1, -0.05) is 18.2 Å². The number of carbonyl (C=O) groups excluding carboxylic acids is 1. The predicted octanol–water partition coefficient (Wildman–Crippen LogP) is 4.65. The van der Waals surface area contributed by atoms with Crippen LogP contribution in [-0.2, 0) is 4.79 Å². The van der Waals surface area contributed by atoms with Gasteiger partial charge in [-0.3, -0.25) is 10.2 Å². The van der Waals surface area contributed by atoms with Gasteiger partial charge >= 0.3 is 6.09 Å². The van der Waals surface area contributed by atoms with Crippen LogP contribution < -0.4 is 11.1 Å². The second kappa shape index (κ2) is 8.96. The molecule has 7 heteroatoms. The minimum atomic E-state index is -0.890. The molecule has 7 nitrogen and oxygen atoms in total. The Labute approximate surface area is 183 Å². The molecule has 2 aromatic rings. The van der Waals surface area contributed by atoms with Crippen LogP contribution in [0.15, 0.2) is 36.4 Å². The van der Waals surface area contributed by atoms with Crippen molar-refractivity contribution in [3.05, 3.63) is 42.0 Å². The molecule has 0 saturated heterocycles. The molecule has 0 aliphatic heterocycles. The fourth-order valence-electron chi connectivity index (χ4n) is 4.24. The molecule has 1 aliphatic rings. The second-order valence-corrected chi connectivity index (χ2v) is 9.46. The Morgan fingerprint density at radius 2 is 1.71 bits per heavy atom. The number of fused-ring (bicyclic) bond motifs is 1. The normalized spacial score (nSPS) is 19.1. The number of nitrogens with one attached hydrogen (secondary N) is 2. The van der Waals surface area contributed by atoms with Gasteiger partial charge < -0.3 is 21.1 Å². The van der Waals surface area contributed by atoms with E-state index in [2.05, 4.69) is 5.32 Å². The molecule has 3 rings (SSSR count). The topological polar surface area (TPSA) is 120 Å². The summed E-state index contributed by atoms with van der Waals surface area (Å²) in [6.07, 6.45) is 2.35. The molecule has 0 aromatic heterocycles. The molecule has 0 atom stereocenters. The fraction of sp³-hybridized carbons (Fsp3) is 0.458. The maximum atomic E-state index is 12.8. The second-order valence-electron chi connectivity index (χ2n) is 9.46. The van der Waals surface area contributed by atoms with E-state index in [9.17, 15) is 14.7 Å². The first kappa shape index (κ1) is 22.6. The van der Waals surface area contributed by atoms with Crippen LogP contribution in [0.5, 0.6) is 0 Å². The van der Waals surface area contributed by atoms with E-state index >= 15 is 0 Å². The van der Waals surface area contributed by atoms with E-state index in [-0.39, 0.29) is 23.6 Å². The summed E-state index contributed by atoms with van der Waals surface area (Å²) in [4.78, 5) is 25.9. The highest BCUT2D eigenvalue weighted by Gasteiger charge is 2.32. The van der Waals surface area contributed by atoms with Crippen molar-refractivity contribution in [2.75, 3.05) is 11.9 Å². The summed E-state index contributed by atoms with van der Waals surface area (Å²) in [5.74, 6) is 0.281. The maximum absolute atomic E-state index is 12.8. The Hall–Kier alpha value is -3.09. The lowest BCUT2D eigenvalue weighted by Gasteiger charge is -2.38. The average Bonchev–Trinajstić information content (AvgIpc) is 2.70. The number of hydrogen-bond donors (Lipinski definition) is 4. The molecule has 31 heavy (non-hydrogen) atoms. The van der Waals surface area contributed by atoms with E-state index < -0.39 is 11.6 Å². The van der Waals surface area contributed by atoms with Crippen molar-refractivity contribution in [1.82, 2.24) is 4.90 Å². The number of nitrogen functional groups attached to an aromatic ring is 1. The maximum Gasteiger partial charge on any atom is 0.407 e. The van der Waals surface area contributed by atoms with Gasteiger partial charge in [0, 0.05) is 29.3 Å². The van der Waals surface area contributed by atoms with Gasteiger partial charge in [0.05, 0.1) is 0 Å². The van der Waals surface area contributed by atoms with Gasteiger partial charge in [-0.2, -0.15) is 0 Å². The fourth-order valence-corrected chi connectivity index (χ4v) is 4.24. The molecule has 2 amide bonds. The number of hydrogen-bond acceptors (Lipinski definition) is 3. The Balaban J connectivity index is 1.58. The Kier molecular flexibility index (Phi) is 6.53. The number of nitrogens with zero attached hydrogens (tertiary/aromatic N) is 1. The molecule has 166 valence electrons. The van der Waals surface area contributed by atoms with Crippen LogP contribution in [0.4, 0.5) is 10.5 Å². The number of nitrogens with two attached hydrogens (primary N) is 1. The zero-order valence-corrected chi connectivity index (χ0v) is 18.4. The first-order valence-electron chi connectivity index (χ1n) is 10.7. The number of anilines is 1. The van der Waals surface area contributed by atoms with Crippen molar-refractivity contribution in [1.29, 1.82) is 5.41 Å². The standard InChI is InChI=1S/C24H32N4O3/c1-24(2,3)28(23(30)31)14-15-4-6-16(7-5-15)22(29)27-20-11-10-17-12-19(21(25)26)9-8-18(17)13-20/h8-13,15-16H,4-7,14H2,1-3H3,(H3,25,26)(H,27,29)(H,30,31). The number of amidine groups is 1. The predicted molar refractivity (Wildman–Crippen MR) is 124 cm³/mol. The van der Waals surface area contributed by atoms with E-state index in [0.717, 1.165) is 42.1 Å². The highest BCUT2D eigenvalue weighted by Crippen LogP contribution is 2.32. The first-order chi connectivity index (χ1) is 14.5. The SMILES string of the molecule is CC(C)(C)N(CC1CCC(C(=O)Nc2ccc3cc(C(=N)N)ccc3c2)CC1)C(=O)O. The van der Waals surface area contributed by atoms with E-state index in [4.69, 9.17) is 11.1 Å². The summed E-state index contributed by atoms with van der Waals surface area (Å²) in [5, 5.41) is 22.0. The van der Waals surface area contributed by atoms with Gasteiger partial charge in [-0.25, -0.2) is 4.79 Å². The van der Waals surface area contributed by atoms with Crippen molar-refractivity contribution in [2.24, 2.45) is 17.6 Å². The molecule has 0 bridgehead atoms. The minimum absolute atomic E-state index is 0.0177. The van der Waals surface area contributed by atoms with Crippen LogP contribution in [0.1, 0.15) is 52.0 Å². The van der Waals surface area contributed by atoms with Crippen LogP contribution in [0.3, 0.4) is 0 Å². The number of carbonyl (C=O) groups is 2. The van der Waals surface area contributed by atoms with E-state index in [1.165, 1.54) is 4.90 Å². The average molecular weight is 425 g/mol. The minimum Gasteiger partial charge on any atom is -0.465 e. The van der Waals surface area contributed by atoms with Gasteiger partial charge in [0.2, 0.25) is 5.91 Å². The van der Waals surface area contributed by atoms with Crippen molar-refractivity contribution in [3.8, 4) is 0 Å². The molecule has 0 unspecified atom stereocenters. The molecule has 0 heterocycles. The van der Waals surface area contributed by atoms with Gasteiger partial charge in [0.25, 0.3) is 0 Å². The van der Waals surface area contributed by atoms with Crippen LogP contribution in [0.2, 0.25) is 0 Å². The summed E-state index contributed by atoms with van der Waals surface area (Å²) in [5.41, 5.74) is 6.55. The summed E-state index contributed by atoms with van der Waals surface area (Å²) >= 11 is 0. The first-order valence-corrected chi connectivity index (χ1v) is 10.7. The van der Waals surface area contributed by atoms with Crippen molar-refractivity contribution >= 4 is 34.3 Å².